The summed E-state index contributed by atoms with van der Waals surface area (Å²) in [7, 11) is 6.01. The number of esters is 2. The van der Waals surface area contributed by atoms with Crippen LogP contribution in [-0.2, 0) is 33.3 Å². The molecule has 2 atom stereocenters. The number of hydrogen-bond donors (Lipinski definition) is 1. The zero-order valence-corrected chi connectivity index (χ0v) is 70.7. The Balaban J connectivity index is 3.88. The van der Waals surface area contributed by atoms with Gasteiger partial charge in [-0.25, -0.2) is 4.79 Å². The van der Waals surface area contributed by atoms with Gasteiger partial charge < -0.3 is 28.5 Å². The van der Waals surface area contributed by atoms with Crippen molar-refractivity contribution in [3.05, 3.63) is 72.9 Å². The zero-order valence-electron chi connectivity index (χ0n) is 70.7. The minimum atomic E-state index is -1.51. The fraction of sp³-hybridized carbons (Fsp3) is 0.844. The molecule has 0 amide bonds. The van der Waals surface area contributed by atoms with Crippen molar-refractivity contribution in [3.8, 4) is 0 Å². The van der Waals surface area contributed by atoms with Crippen molar-refractivity contribution >= 4 is 17.9 Å². The van der Waals surface area contributed by atoms with Gasteiger partial charge in [0.25, 0.3) is 6.29 Å². The van der Waals surface area contributed by atoms with Gasteiger partial charge >= 0.3 is 17.9 Å². The number of ether oxygens (including phenoxy) is 4. The van der Waals surface area contributed by atoms with Gasteiger partial charge in [0, 0.05) is 12.8 Å². The van der Waals surface area contributed by atoms with E-state index >= 15 is 0 Å². The Bertz CT molecular complexity index is 1970. The van der Waals surface area contributed by atoms with Crippen molar-refractivity contribution < 1.29 is 42.9 Å². The smallest absolute Gasteiger partial charge is 0.361 e. The number of rotatable bonds is 87. The Morgan fingerprint density at radius 3 is 0.810 bits per heavy atom. The van der Waals surface area contributed by atoms with E-state index in [1.54, 1.807) is 0 Å². The van der Waals surface area contributed by atoms with Crippen molar-refractivity contribution in [1.82, 2.24) is 0 Å². The minimum absolute atomic E-state index is 0.176. The van der Waals surface area contributed by atoms with Gasteiger partial charge in [-0.2, -0.15) is 0 Å². The molecule has 0 aromatic carbocycles. The minimum Gasteiger partial charge on any atom is -0.477 e. The monoisotopic (exact) mass is 1470 g/mol. The molecule has 0 rings (SSSR count). The first-order chi connectivity index (χ1) is 51.6. The van der Waals surface area contributed by atoms with Crippen LogP contribution in [0.1, 0.15) is 463 Å². The maximum Gasteiger partial charge on any atom is 0.361 e. The zero-order chi connectivity index (χ0) is 76.0. The van der Waals surface area contributed by atoms with Crippen LogP contribution >= 0.6 is 0 Å². The van der Waals surface area contributed by atoms with Crippen LogP contribution < -0.4 is 0 Å². The Kier molecular flexibility index (Phi) is 83.6. The molecule has 9 nitrogen and oxygen atoms in total. The van der Waals surface area contributed by atoms with Crippen molar-refractivity contribution in [2.75, 3.05) is 47.5 Å². The number of carbonyl (C=O) groups excluding carboxylic acids is 2. The highest BCUT2D eigenvalue weighted by Crippen LogP contribution is 2.21. The van der Waals surface area contributed by atoms with E-state index in [9.17, 15) is 19.5 Å². The van der Waals surface area contributed by atoms with Crippen LogP contribution in [0.3, 0.4) is 0 Å². The van der Waals surface area contributed by atoms with E-state index in [1.165, 1.54) is 366 Å². The molecule has 0 heterocycles. The quantitative estimate of drug-likeness (QED) is 0.0211. The molecule has 0 aliphatic carbocycles. The molecule has 0 radical (unpaired) electrons. The largest absolute Gasteiger partial charge is 0.477 e. The molecule has 0 bridgehead atoms. The number of aliphatic carboxylic acids is 1. The first-order valence-electron chi connectivity index (χ1n) is 46.1. The average Bonchev–Trinajstić information content (AvgIpc) is 1.18. The predicted molar refractivity (Wildman–Crippen MR) is 456 cm³/mol. The molecule has 2 unspecified atom stereocenters. The normalized spacial score (nSPS) is 12.9. The number of nitrogens with zero attached hydrogens (tertiary/aromatic N) is 1. The lowest BCUT2D eigenvalue weighted by Crippen LogP contribution is -2.40. The molecule has 1 N–H and O–H groups in total. The highest BCUT2D eigenvalue weighted by molar-refractivity contribution is 5.71. The van der Waals surface area contributed by atoms with E-state index in [2.05, 4.69) is 86.8 Å². The van der Waals surface area contributed by atoms with Gasteiger partial charge in [-0.15, -0.1) is 0 Å². The summed E-state index contributed by atoms with van der Waals surface area (Å²) in [5, 5.41) is 9.80. The topological polar surface area (TPSA) is 108 Å². The lowest BCUT2D eigenvalue weighted by atomic mass is 10.0. The van der Waals surface area contributed by atoms with Gasteiger partial charge in [0.05, 0.1) is 34.4 Å². The van der Waals surface area contributed by atoms with E-state index in [-0.39, 0.29) is 38.2 Å². The van der Waals surface area contributed by atoms with Gasteiger partial charge in [-0.05, 0) is 83.5 Å². The first kappa shape index (κ1) is 102. The van der Waals surface area contributed by atoms with Crippen LogP contribution in [0.2, 0.25) is 0 Å². The Morgan fingerprint density at radius 2 is 0.543 bits per heavy atom. The molecule has 0 fully saturated rings. The molecular formula is C96H178NO8+. The SMILES string of the molecule is CC/C=C\C/C=C\C/C=C\C/C=C\CCCCCCCCCCCCCCCCCCCCCCCCCCCCCCC(=O)OC(COC(=O)CCCCCCCCCCCCCCCCCCCCCCCCCCCCC/C=C\C/C=C\CCCCCCC)COC(OCC[N+](C)(C)C)C(=O)O. The van der Waals surface area contributed by atoms with Gasteiger partial charge in [-0.3, -0.25) is 9.59 Å². The predicted octanol–water partition coefficient (Wildman–Crippen LogP) is 30.3. The number of quaternary nitrogens is 1. The molecule has 0 aliphatic heterocycles. The molecule has 0 saturated carbocycles. The van der Waals surface area contributed by atoms with Crippen molar-refractivity contribution in [3.63, 3.8) is 0 Å². The lowest BCUT2D eigenvalue weighted by molar-refractivity contribution is -0.870. The summed E-state index contributed by atoms with van der Waals surface area (Å²) < 4.78 is 23.1. The second-order valence-corrected chi connectivity index (χ2v) is 32.6. The average molecular weight is 1470 g/mol. The Morgan fingerprint density at radius 1 is 0.295 bits per heavy atom. The summed E-state index contributed by atoms with van der Waals surface area (Å²) in [6, 6.07) is 0. The number of carbonyl (C=O) groups is 3. The summed E-state index contributed by atoms with van der Waals surface area (Å²) in [5.41, 5.74) is 0. The molecule has 9 heteroatoms. The summed E-state index contributed by atoms with van der Waals surface area (Å²) >= 11 is 0. The van der Waals surface area contributed by atoms with Gasteiger partial charge in [-0.1, -0.05) is 440 Å². The molecule has 105 heavy (non-hydrogen) atoms. The summed E-state index contributed by atoms with van der Waals surface area (Å²) in [6.45, 7) is 4.83. The molecular weight excluding hydrogens is 1300 g/mol. The van der Waals surface area contributed by atoms with E-state index < -0.39 is 18.4 Å². The van der Waals surface area contributed by atoms with Crippen LogP contribution in [-0.4, -0.2) is 87.4 Å². The maximum atomic E-state index is 13.0. The van der Waals surface area contributed by atoms with Crippen LogP contribution in [0.25, 0.3) is 0 Å². The molecule has 614 valence electrons. The van der Waals surface area contributed by atoms with Gasteiger partial charge in [0.1, 0.15) is 13.2 Å². The lowest BCUT2D eigenvalue weighted by Gasteiger charge is -2.25. The van der Waals surface area contributed by atoms with Crippen molar-refractivity contribution in [1.29, 1.82) is 0 Å². The highest BCUT2D eigenvalue weighted by atomic mass is 16.7. The number of carboxylic acid groups (broad SMARTS) is 1. The third-order valence-electron chi connectivity index (χ3n) is 20.9. The molecule has 0 aromatic heterocycles. The standard InChI is InChI=1S/C96H177NO8/c1-6-8-10-12-14-16-18-20-22-24-26-28-30-32-34-36-38-40-42-44-46-47-49-51-53-55-57-59-61-63-65-67-69-71-73-75-77-79-81-83-85-87-94(99)105-92(91-104-96(95(100)101)102-89-88-97(3,4)5)90-103-93(98)86-84-82-80-78-76-74-72-70-68-66-64-62-60-58-56-54-52-50-48-45-43-41-39-37-35-33-31-29-27-25-23-21-19-17-15-13-11-9-7-2/h8,10,14,16,19-22,25-28,92,96H,6-7,9,11-13,15,17-18,23-24,29-91H2,1-5H3/p+1/b10-8-,16-14-,21-19-,22-20-,27-25-,28-26-. The van der Waals surface area contributed by atoms with E-state index in [0.29, 0.717) is 17.4 Å². The highest BCUT2D eigenvalue weighted by Gasteiger charge is 2.25. The second kappa shape index (κ2) is 86.3. The number of hydrogen-bond acceptors (Lipinski definition) is 7. The van der Waals surface area contributed by atoms with Crippen LogP contribution in [0.15, 0.2) is 72.9 Å². The van der Waals surface area contributed by atoms with Gasteiger partial charge in [0.2, 0.25) is 0 Å². The maximum absolute atomic E-state index is 13.0. The molecule has 0 saturated heterocycles. The van der Waals surface area contributed by atoms with E-state index in [0.717, 1.165) is 70.6 Å². The van der Waals surface area contributed by atoms with Crippen molar-refractivity contribution in [2.24, 2.45) is 0 Å². The summed E-state index contributed by atoms with van der Waals surface area (Å²) in [4.78, 5) is 37.8. The molecule has 0 spiro atoms. The van der Waals surface area contributed by atoms with Crippen LogP contribution in [0.4, 0.5) is 0 Å². The fourth-order valence-electron chi connectivity index (χ4n) is 14.0. The summed E-state index contributed by atoms with van der Waals surface area (Å²) in [5.74, 6) is -1.97. The number of allylic oxidation sites excluding steroid dienone is 12. The molecule has 0 aliphatic rings. The summed E-state index contributed by atoms with van der Waals surface area (Å²) in [6.07, 6.45) is 116. The van der Waals surface area contributed by atoms with Crippen LogP contribution in [0, 0.1) is 0 Å². The third-order valence-corrected chi connectivity index (χ3v) is 20.9. The number of likely N-dealkylation sites (N-methyl/N-ethyl adjacent to an activating group) is 1. The van der Waals surface area contributed by atoms with E-state index in [1.807, 2.05) is 21.1 Å². The van der Waals surface area contributed by atoms with E-state index in [4.69, 9.17) is 18.9 Å². The number of carboxylic acids is 1. The number of unbranched alkanes of at least 4 members (excludes halogenated alkanes) is 60. The van der Waals surface area contributed by atoms with Crippen LogP contribution in [0.5, 0.6) is 0 Å². The first-order valence-corrected chi connectivity index (χ1v) is 46.1. The molecule has 0 aromatic rings. The third kappa shape index (κ3) is 87.8. The Labute approximate surface area is 653 Å². The Hall–Kier alpha value is -3.27. The second-order valence-electron chi connectivity index (χ2n) is 32.6. The van der Waals surface area contributed by atoms with Crippen molar-refractivity contribution in [2.45, 2.75) is 476 Å². The van der Waals surface area contributed by atoms with Gasteiger partial charge in [0.15, 0.2) is 6.10 Å². The fourth-order valence-corrected chi connectivity index (χ4v) is 14.0.